The average molecular weight is 333 g/mol. The molecule has 0 aliphatic carbocycles. The number of carbonyl (C=O) groups excluding carboxylic acids is 2. The SMILES string of the molecule is CC1CCNN1C(=O)N[C@@H](Cc1ccccc1)C(=O)OC(C)(C)C. The topological polar surface area (TPSA) is 70.7 Å². The first-order valence-corrected chi connectivity index (χ1v) is 8.36. The molecule has 0 aromatic heterocycles. The summed E-state index contributed by atoms with van der Waals surface area (Å²) in [5.74, 6) is -0.424. The van der Waals surface area contributed by atoms with Crippen LogP contribution in [-0.4, -0.2) is 41.2 Å². The van der Waals surface area contributed by atoms with Gasteiger partial charge in [0.05, 0.1) is 0 Å². The van der Waals surface area contributed by atoms with E-state index in [9.17, 15) is 9.59 Å². The number of esters is 1. The molecule has 2 amide bonds. The van der Waals surface area contributed by atoms with E-state index >= 15 is 0 Å². The first-order valence-electron chi connectivity index (χ1n) is 8.36. The summed E-state index contributed by atoms with van der Waals surface area (Å²) in [5, 5.41) is 4.35. The number of hydrazine groups is 1. The predicted molar refractivity (Wildman–Crippen MR) is 92.2 cm³/mol. The van der Waals surface area contributed by atoms with E-state index in [0.29, 0.717) is 6.42 Å². The van der Waals surface area contributed by atoms with Crippen LogP contribution in [0.5, 0.6) is 0 Å². The molecule has 1 fully saturated rings. The third-order valence-electron chi connectivity index (χ3n) is 3.78. The Hall–Kier alpha value is -2.08. The van der Waals surface area contributed by atoms with Crippen molar-refractivity contribution in [3.63, 3.8) is 0 Å². The Kier molecular flexibility index (Phi) is 5.83. The van der Waals surface area contributed by atoms with Crippen molar-refractivity contribution >= 4 is 12.0 Å². The molecular weight excluding hydrogens is 306 g/mol. The molecule has 0 saturated carbocycles. The third kappa shape index (κ3) is 5.23. The molecule has 1 saturated heterocycles. The molecule has 6 heteroatoms. The van der Waals surface area contributed by atoms with Crippen molar-refractivity contribution < 1.29 is 14.3 Å². The summed E-state index contributed by atoms with van der Waals surface area (Å²) in [7, 11) is 0. The van der Waals surface area contributed by atoms with Crippen molar-refractivity contribution in [1.82, 2.24) is 15.8 Å². The summed E-state index contributed by atoms with van der Waals surface area (Å²) in [6.45, 7) is 8.17. The van der Waals surface area contributed by atoms with Crippen LogP contribution in [0.3, 0.4) is 0 Å². The second kappa shape index (κ2) is 7.66. The lowest BCUT2D eigenvalue weighted by molar-refractivity contribution is -0.157. The molecule has 1 aliphatic heterocycles. The smallest absolute Gasteiger partial charge is 0.332 e. The van der Waals surface area contributed by atoms with Gasteiger partial charge in [-0.1, -0.05) is 30.3 Å². The van der Waals surface area contributed by atoms with Crippen molar-refractivity contribution in [3.05, 3.63) is 35.9 Å². The maximum absolute atomic E-state index is 12.5. The van der Waals surface area contributed by atoms with E-state index in [1.165, 1.54) is 0 Å². The Morgan fingerprint density at radius 2 is 2.00 bits per heavy atom. The lowest BCUT2D eigenvalue weighted by Gasteiger charge is -2.27. The number of nitrogens with zero attached hydrogens (tertiary/aromatic N) is 1. The molecule has 6 nitrogen and oxygen atoms in total. The minimum Gasteiger partial charge on any atom is -0.458 e. The van der Waals surface area contributed by atoms with Crippen LogP contribution in [0.4, 0.5) is 4.79 Å². The molecule has 2 N–H and O–H groups in total. The zero-order chi connectivity index (χ0) is 17.7. The number of carbonyl (C=O) groups is 2. The summed E-state index contributed by atoms with van der Waals surface area (Å²) in [4.78, 5) is 25.0. The fourth-order valence-corrected chi connectivity index (χ4v) is 2.59. The molecule has 1 unspecified atom stereocenters. The van der Waals surface area contributed by atoms with E-state index in [4.69, 9.17) is 4.74 Å². The molecule has 0 radical (unpaired) electrons. The number of amides is 2. The fourth-order valence-electron chi connectivity index (χ4n) is 2.59. The van der Waals surface area contributed by atoms with Crippen LogP contribution in [0.15, 0.2) is 30.3 Å². The van der Waals surface area contributed by atoms with Gasteiger partial charge in [0.15, 0.2) is 0 Å². The monoisotopic (exact) mass is 333 g/mol. The highest BCUT2D eigenvalue weighted by atomic mass is 16.6. The van der Waals surface area contributed by atoms with Crippen molar-refractivity contribution in [2.75, 3.05) is 6.54 Å². The van der Waals surface area contributed by atoms with Gasteiger partial charge >= 0.3 is 12.0 Å². The van der Waals surface area contributed by atoms with E-state index in [1.807, 2.05) is 58.0 Å². The lowest BCUT2D eigenvalue weighted by atomic mass is 10.1. The van der Waals surface area contributed by atoms with Crippen molar-refractivity contribution in [2.45, 2.75) is 58.2 Å². The Bertz CT molecular complexity index is 569. The quantitative estimate of drug-likeness (QED) is 0.829. The predicted octanol–water partition coefficient (Wildman–Crippen LogP) is 2.25. The second-order valence-electron chi connectivity index (χ2n) is 7.14. The van der Waals surface area contributed by atoms with Crippen LogP contribution >= 0.6 is 0 Å². The highest BCUT2D eigenvalue weighted by Gasteiger charge is 2.31. The van der Waals surface area contributed by atoms with Crippen molar-refractivity contribution in [2.24, 2.45) is 0 Å². The van der Waals surface area contributed by atoms with Crippen LogP contribution in [0.25, 0.3) is 0 Å². The Balaban J connectivity index is 2.09. The van der Waals surface area contributed by atoms with Gasteiger partial charge in [-0.05, 0) is 39.7 Å². The van der Waals surface area contributed by atoms with Crippen LogP contribution < -0.4 is 10.7 Å². The molecule has 0 spiro atoms. The summed E-state index contributed by atoms with van der Waals surface area (Å²) in [6, 6.07) is 8.67. The zero-order valence-electron chi connectivity index (χ0n) is 14.8. The van der Waals surface area contributed by atoms with Crippen LogP contribution in [0.1, 0.15) is 39.7 Å². The Labute approximate surface area is 143 Å². The van der Waals surface area contributed by atoms with Crippen LogP contribution in [0, 0.1) is 0 Å². The largest absolute Gasteiger partial charge is 0.458 e. The van der Waals surface area contributed by atoms with Gasteiger partial charge in [0, 0.05) is 19.0 Å². The third-order valence-corrected chi connectivity index (χ3v) is 3.78. The number of hydrogen-bond donors (Lipinski definition) is 2. The Morgan fingerprint density at radius 1 is 1.33 bits per heavy atom. The zero-order valence-corrected chi connectivity index (χ0v) is 14.8. The number of benzene rings is 1. The van der Waals surface area contributed by atoms with Crippen molar-refractivity contribution in [1.29, 1.82) is 0 Å². The summed E-state index contributed by atoms with van der Waals surface area (Å²) < 4.78 is 5.47. The molecule has 2 rings (SSSR count). The molecule has 2 atom stereocenters. The molecule has 1 aromatic rings. The molecule has 24 heavy (non-hydrogen) atoms. The van der Waals surface area contributed by atoms with Gasteiger partial charge in [-0.25, -0.2) is 15.0 Å². The first kappa shape index (κ1) is 18.3. The van der Waals surface area contributed by atoms with Crippen molar-refractivity contribution in [3.8, 4) is 0 Å². The van der Waals surface area contributed by atoms with Gasteiger partial charge in [0.2, 0.25) is 0 Å². The normalized spacial score (nSPS) is 19.0. The Morgan fingerprint density at radius 3 is 2.54 bits per heavy atom. The summed E-state index contributed by atoms with van der Waals surface area (Å²) in [6.07, 6.45) is 1.28. The van der Waals surface area contributed by atoms with Gasteiger partial charge < -0.3 is 10.1 Å². The first-order chi connectivity index (χ1) is 11.3. The van der Waals surface area contributed by atoms with Crippen LogP contribution in [0.2, 0.25) is 0 Å². The molecule has 1 aromatic carbocycles. The second-order valence-corrected chi connectivity index (χ2v) is 7.14. The van der Waals surface area contributed by atoms with Gasteiger partial charge in [-0.15, -0.1) is 0 Å². The number of nitrogens with one attached hydrogen (secondary N) is 2. The average Bonchev–Trinajstić information content (AvgIpc) is 2.92. The molecular formula is C18H27N3O3. The molecule has 1 aliphatic rings. The lowest BCUT2D eigenvalue weighted by Crippen LogP contribution is -2.53. The number of rotatable bonds is 4. The van der Waals surface area contributed by atoms with E-state index in [2.05, 4.69) is 10.7 Å². The number of urea groups is 1. The highest BCUT2D eigenvalue weighted by Crippen LogP contribution is 2.13. The molecule has 0 bridgehead atoms. The standard InChI is InChI=1S/C18H27N3O3/c1-13-10-11-19-21(13)17(23)20-15(16(22)24-18(2,3)4)12-14-8-6-5-7-9-14/h5-9,13,15,19H,10-12H2,1-4H3,(H,20,23)/t13?,15-/m0/s1. The summed E-state index contributed by atoms with van der Waals surface area (Å²) in [5.41, 5.74) is 3.40. The van der Waals surface area contributed by atoms with Gasteiger partial charge in [-0.3, -0.25) is 5.01 Å². The van der Waals surface area contributed by atoms with Gasteiger partial charge in [0.25, 0.3) is 0 Å². The maximum atomic E-state index is 12.5. The maximum Gasteiger partial charge on any atom is 0.332 e. The van der Waals surface area contributed by atoms with E-state index in [-0.39, 0.29) is 12.1 Å². The highest BCUT2D eigenvalue weighted by molar-refractivity contribution is 5.84. The fraction of sp³-hybridized carbons (Fsp3) is 0.556. The van der Waals surface area contributed by atoms with Gasteiger partial charge in [-0.2, -0.15) is 0 Å². The van der Waals surface area contributed by atoms with Crippen LogP contribution in [-0.2, 0) is 16.0 Å². The molecule has 1 heterocycles. The minimum absolute atomic E-state index is 0.0982. The van der Waals surface area contributed by atoms with E-state index in [1.54, 1.807) is 5.01 Å². The summed E-state index contributed by atoms with van der Waals surface area (Å²) >= 11 is 0. The van der Waals surface area contributed by atoms with E-state index in [0.717, 1.165) is 18.5 Å². The van der Waals surface area contributed by atoms with Gasteiger partial charge in [0.1, 0.15) is 11.6 Å². The minimum atomic E-state index is -0.728. The van der Waals surface area contributed by atoms with E-state index < -0.39 is 17.6 Å². The number of hydrogen-bond acceptors (Lipinski definition) is 4. The number of ether oxygens (including phenoxy) is 1. The molecule has 132 valence electrons.